The molecule has 2 nitrogen and oxygen atoms in total. The minimum Gasteiger partial charge on any atom is -0.324 e. The normalized spacial score (nSPS) is 12.6. The van der Waals surface area contributed by atoms with Crippen molar-refractivity contribution in [2.24, 2.45) is 5.73 Å². The number of fused-ring (bicyclic) bond motifs is 1. The van der Waals surface area contributed by atoms with E-state index in [9.17, 15) is 4.39 Å². The summed E-state index contributed by atoms with van der Waals surface area (Å²) >= 11 is 6.21. The van der Waals surface area contributed by atoms with Crippen molar-refractivity contribution in [2.45, 2.75) is 13.0 Å². The van der Waals surface area contributed by atoms with E-state index in [2.05, 4.69) is 4.98 Å². The molecule has 0 fully saturated rings. The summed E-state index contributed by atoms with van der Waals surface area (Å²) in [6.45, 7) is 1.89. The second-order valence-electron chi connectivity index (χ2n) is 5.04. The lowest BCUT2D eigenvalue weighted by Gasteiger charge is -2.14. The highest BCUT2D eigenvalue weighted by Crippen LogP contribution is 2.31. The van der Waals surface area contributed by atoms with Crippen LogP contribution < -0.4 is 5.73 Å². The predicted molar refractivity (Wildman–Crippen MR) is 84.7 cm³/mol. The Morgan fingerprint density at radius 3 is 2.62 bits per heavy atom. The van der Waals surface area contributed by atoms with E-state index in [4.69, 9.17) is 17.3 Å². The van der Waals surface area contributed by atoms with Gasteiger partial charge in [-0.1, -0.05) is 35.9 Å². The van der Waals surface area contributed by atoms with Gasteiger partial charge in [0.05, 0.1) is 16.2 Å². The summed E-state index contributed by atoms with van der Waals surface area (Å²) in [4.78, 5) is 4.63. The summed E-state index contributed by atoms with van der Waals surface area (Å²) in [6.07, 6.45) is 0. The van der Waals surface area contributed by atoms with Crippen LogP contribution in [0.15, 0.2) is 48.5 Å². The molecule has 2 aromatic carbocycles. The molecule has 21 heavy (non-hydrogen) atoms. The van der Waals surface area contributed by atoms with Crippen molar-refractivity contribution >= 4 is 22.5 Å². The van der Waals surface area contributed by atoms with Crippen LogP contribution in [0, 0.1) is 5.82 Å². The Morgan fingerprint density at radius 1 is 1.14 bits per heavy atom. The molecule has 3 rings (SSSR count). The Kier molecular flexibility index (Phi) is 3.62. The zero-order chi connectivity index (χ0) is 15.0. The third kappa shape index (κ3) is 2.62. The van der Waals surface area contributed by atoms with Crippen LogP contribution in [0.25, 0.3) is 22.2 Å². The summed E-state index contributed by atoms with van der Waals surface area (Å²) in [5.41, 5.74) is 8.99. The van der Waals surface area contributed by atoms with Gasteiger partial charge >= 0.3 is 0 Å². The number of halogens is 2. The van der Waals surface area contributed by atoms with Crippen LogP contribution in [0.5, 0.6) is 0 Å². The molecule has 0 radical (unpaired) electrons. The largest absolute Gasteiger partial charge is 0.324 e. The van der Waals surface area contributed by atoms with Gasteiger partial charge in [-0.05, 0) is 36.8 Å². The van der Waals surface area contributed by atoms with Crippen molar-refractivity contribution in [3.8, 4) is 11.3 Å². The predicted octanol–water partition coefficient (Wildman–Crippen LogP) is 4.71. The molecule has 0 bridgehead atoms. The SMILES string of the molecule is CC(N)c1cc2cccc(Cl)c2nc1-c1cccc(F)c1. The summed E-state index contributed by atoms with van der Waals surface area (Å²) in [5.74, 6) is -0.302. The first kappa shape index (κ1) is 14.0. The topological polar surface area (TPSA) is 38.9 Å². The molecular formula is C17H14ClFN2. The van der Waals surface area contributed by atoms with Crippen LogP contribution in [0.1, 0.15) is 18.5 Å². The summed E-state index contributed by atoms with van der Waals surface area (Å²) in [6, 6.07) is 13.7. The van der Waals surface area contributed by atoms with Crippen LogP contribution in [0.3, 0.4) is 0 Å². The van der Waals surface area contributed by atoms with Crippen molar-refractivity contribution < 1.29 is 4.39 Å². The van der Waals surface area contributed by atoms with Crippen molar-refractivity contribution in [3.05, 3.63) is 64.9 Å². The fourth-order valence-corrected chi connectivity index (χ4v) is 2.62. The number of hydrogen-bond acceptors (Lipinski definition) is 2. The van der Waals surface area contributed by atoms with Gasteiger partial charge < -0.3 is 5.73 Å². The van der Waals surface area contributed by atoms with E-state index in [0.717, 1.165) is 10.9 Å². The van der Waals surface area contributed by atoms with Gasteiger partial charge in [-0.15, -0.1) is 0 Å². The Morgan fingerprint density at radius 2 is 1.90 bits per heavy atom. The smallest absolute Gasteiger partial charge is 0.123 e. The molecule has 106 valence electrons. The number of nitrogens with zero attached hydrogens (tertiary/aromatic N) is 1. The molecule has 1 atom stereocenters. The molecule has 1 aromatic heterocycles. The molecule has 4 heteroatoms. The van der Waals surface area contributed by atoms with E-state index in [1.807, 2.05) is 31.2 Å². The van der Waals surface area contributed by atoms with Gasteiger partial charge in [-0.3, -0.25) is 0 Å². The van der Waals surface area contributed by atoms with Crippen LogP contribution in [-0.4, -0.2) is 4.98 Å². The third-order valence-corrected chi connectivity index (χ3v) is 3.72. The molecule has 0 aliphatic carbocycles. The van der Waals surface area contributed by atoms with Gasteiger partial charge in [0.2, 0.25) is 0 Å². The Labute approximate surface area is 127 Å². The zero-order valence-corrected chi connectivity index (χ0v) is 12.2. The highest BCUT2D eigenvalue weighted by Gasteiger charge is 2.14. The Bertz CT molecular complexity index is 815. The number of benzene rings is 2. The monoisotopic (exact) mass is 300 g/mol. The van der Waals surface area contributed by atoms with E-state index in [-0.39, 0.29) is 11.9 Å². The first-order chi connectivity index (χ1) is 10.1. The molecule has 0 saturated heterocycles. The molecular weight excluding hydrogens is 287 g/mol. The van der Waals surface area contributed by atoms with E-state index in [1.54, 1.807) is 12.1 Å². The number of rotatable bonds is 2. The number of para-hydroxylation sites is 1. The lowest BCUT2D eigenvalue weighted by Crippen LogP contribution is -2.08. The van der Waals surface area contributed by atoms with Gasteiger partial charge in [-0.25, -0.2) is 9.37 Å². The molecule has 0 amide bonds. The van der Waals surface area contributed by atoms with Crippen molar-refractivity contribution in [3.63, 3.8) is 0 Å². The molecule has 3 aromatic rings. The van der Waals surface area contributed by atoms with E-state index < -0.39 is 0 Å². The number of nitrogens with two attached hydrogens (primary N) is 1. The quantitative estimate of drug-likeness (QED) is 0.744. The maximum absolute atomic E-state index is 13.5. The number of pyridine rings is 1. The van der Waals surface area contributed by atoms with Gasteiger partial charge in [-0.2, -0.15) is 0 Å². The lowest BCUT2D eigenvalue weighted by molar-refractivity contribution is 0.628. The van der Waals surface area contributed by atoms with E-state index >= 15 is 0 Å². The zero-order valence-electron chi connectivity index (χ0n) is 11.5. The fourth-order valence-electron chi connectivity index (χ4n) is 2.39. The third-order valence-electron chi connectivity index (χ3n) is 3.41. The van der Waals surface area contributed by atoms with Crippen LogP contribution in [-0.2, 0) is 0 Å². The lowest BCUT2D eigenvalue weighted by atomic mass is 9.99. The molecule has 0 spiro atoms. The average Bonchev–Trinajstić information content (AvgIpc) is 2.46. The highest BCUT2D eigenvalue weighted by atomic mass is 35.5. The van der Waals surface area contributed by atoms with Crippen LogP contribution in [0.2, 0.25) is 5.02 Å². The van der Waals surface area contributed by atoms with Crippen molar-refractivity contribution in [2.75, 3.05) is 0 Å². The summed E-state index contributed by atoms with van der Waals surface area (Å²) < 4.78 is 13.5. The van der Waals surface area contributed by atoms with Gasteiger partial charge in [0, 0.05) is 17.0 Å². The molecule has 0 aliphatic heterocycles. The maximum atomic E-state index is 13.5. The maximum Gasteiger partial charge on any atom is 0.123 e. The number of hydrogen-bond donors (Lipinski definition) is 1. The van der Waals surface area contributed by atoms with Crippen LogP contribution >= 0.6 is 11.6 Å². The van der Waals surface area contributed by atoms with Gasteiger partial charge in [0.1, 0.15) is 5.82 Å². The minimum absolute atomic E-state index is 0.209. The first-order valence-electron chi connectivity index (χ1n) is 6.67. The molecule has 1 unspecified atom stereocenters. The van der Waals surface area contributed by atoms with Gasteiger partial charge in [0.25, 0.3) is 0 Å². The number of aromatic nitrogens is 1. The average molecular weight is 301 g/mol. The highest BCUT2D eigenvalue weighted by molar-refractivity contribution is 6.35. The van der Waals surface area contributed by atoms with E-state index in [1.165, 1.54) is 12.1 Å². The summed E-state index contributed by atoms with van der Waals surface area (Å²) in [5, 5.41) is 1.50. The first-order valence-corrected chi connectivity index (χ1v) is 7.05. The minimum atomic E-state index is -0.302. The molecule has 0 saturated carbocycles. The van der Waals surface area contributed by atoms with Crippen LogP contribution in [0.4, 0.5) is 4.39 Å². The Hall–Kier alpha value is -1.97. The fraction of sp³-hybridized carbons (Fsp3) is 0.118. The Balaban J connectivity index is 2.34. The molecule has 1 heterocycles. The molecule has 2 N–H and O–H groups in total. The second kappa shape index (κ2) is 5.43. The second-order valence-corrected chi connectivity index (χ2v) is 5.44. The molecule has 0 aliphatic rings. The van der Waals surface area contributed by atoms with E-state index in [0.29, 0.717) is 21.8 Å². The summed E-state index contributed by atoms with van der Waals surface area (Å²) in [7, 11) is 0. The standard InChI is InChI=1S/C17H14ClFN2/c1-10(20)14-9-12-5-3-7-15(18)17(12)21-16(14)11-4-2-6-13(19)8-11/h2-10H,20H2,1H3. The van der Waals surface area contributed by atoms with Crippen molar-refractivity contribution in [1.29, 1.82) is 0 Å². The van der Waals surface area contributed by atoms with Gasteiger partial charge in [0.15, 0.2) is 0 Å². The van der Waals surface area contributed by atoms with Crippen molar-refractivity contribution in [1.82, 2.24) is 4.98 Å².